The van der Waals surface area contributed by atoms with Crippen molar-refractivity contribution in [2.75, 3.05) is 20.2 Å². The van der Waals surface area contributed by atoms with Gasteiger partial charge >= 0.3 is 6.01 Å². The van der Waals surface area contributed by atoms with Crippen LogP contribution in [0.4, 0.5) is 0 Å². The van der Waals surface area contributed by atoms with Crippen LogP contribution in [0.5, 0.6) is 6.01 Å². The van der Waals surface area contributed by atoms with Crippen molar-refractivity contribution in [1.82, 2.24) is 24.4 Å². The summed E-state index contributed by atoms with van der Waals surface area (Å²) in [6, 6.07) is 7.80. The minimum atomic E-state index is -0.0911. The second kappa shape index (κ2) is 7.37. The van der Waals surface area contributed by atoms with E-state index in [1.807, 2.05) is 21.6 Å². The number of rotatable bonds is 3. The Morgan fingerprint density at radius 2 is 1.93 bits per heavy atom. The number of likely N-dealkylation sites (tertiary alicyclic amines) is 1. The molecule has 8 nitrogen and oxygen atoms in total. The van der Waals surface area contributed by atoms with Crippen LogP contribution in [0.2, 0.25) is 0 Å². The Balaban J connectivity index is 1.45. The van der Waals surface area contributed by atoms with E-state index in [4.69, 9.17) is 4.74 Å². The summed E-state index contributed by atoms with van der Waals surface area (Å²) in [7, 11) is 1.49. The van der Waals surface area contributed by atoms with Gasteiger partial charge in [0.05, 0.1) is 12.7 Å². The van der Waals surface area contributed by atoms with Crippen molar-refractivity contribution in [2.45, 2.75) is 18.9 Å². The van der Waals surface area contributed by atoms with Crippen LogP contribution in [-0.2, 0) is 6.54 Å². The minimum Gasteiger partial charge on any atom is -0.467 e. The first-order valence-electron chi connectivity index (χ1n) is 9.93. The average molecular weight is 403 g/mol. The first-order chi connectivity index (χ1) is 14.6. The standard InChI is InChI=1S/C22H21N5O3/c1-30-22-24-9-18(10-25-22)21(29)26-11-14-5-17(13-26)19-6-16(7-20(28)27(19)12-14)15-3-2-4-23-8-15/h2-4,6-10,14,17H,5,11-13H2,1H3/t14-,17+/m0/s1. The smallest absolute Gasteiger partial charge is 0.316 e. The summed E-state index contributed by atoms with van der Waals surface area (Å²) >= 11 is 0. The van der Waals surface area contributed by atoms with Gasteiger partial charge in [-0.25, -0.2) is 9.97 Å². The third kappa shape index (κ3) is 3.24. The van der Waals surface area contributed by atoms with Gasteiger partial charge in [0.25, 0.3) is 11.5 Å². The van der Waals surface area contributed by atoms with Gasteiger partial charge in [0, 0.05) is 67.7 Å². The molecule has 2 aliphatic heterocycles. The number of pyridine rings is 2. The number of carbonyl (C=O) groups excluding carboxylic acids is 1. The normalized spacial score (nSPS) is 19.8. The summed E-state index contributed by atoms with van der Waals surface area (Å²) in [6.07, 6.45) is 7.44. The fraction of sp³-hybridized carbons (Fsp3) is 0.318. The molecule has 1 fully saturated rings. The SMILES string of the molecule is COc1ncc(C(=O)N2C[C@@H]3C[C@H](C2)c2cc(-c4cccnc4)cc(=O)n2C3)cn1. The molecule has 0 aliphatic carbocycles. The number of ether oxygens (including phenoxy) is 1. The molecule has 5 rings (SSSR count). The van der Waals surface area contributed by atoms with E-state index < -0.39 is 0 Å². The fourth-order valence-electron chi connectivity index (χ4n) is 4.54. The van der Waals surface area contributed by atoms with E-state index >= 15 is 0 Å². The van der Waals surface area contributed by atoms with Crippen LogP contribution < -0.4 is 10.3 Å². The molecule has 2 atom stereocenters. The van der Waals surface area contributed by atoms with Gasteiger partial charge in [-0.05, 0) is 30.0 Å². The molecule has 2 bridgehead atoms. The molecule has 5 heterocycles. The summed E-state index contributed by atoms with van der Waals surface area (Å²) < 4.78 is 6.84. The molecular weight excluding hydrogens is 382 g/mol. The van der Waals surface area contributed by atoms with Gasteiger partial charge in [0.2, 0.25) is 0 Å². The van der Waals surface area contributed by atoms with Crippen molar-refractivity contribution in [3.8, 4) is 17.1 Å². The number of carbonyl (C=O) groups is 1. The van der Waals surface area contributed by atoms with Crippen molar-refractivity contribution in [3.05, 3.63) is 70.7 Å². The molecule has 0 aromatic carbocycles. The Labute approximate surface area is 173 Å². The summed E-state index contributed by atoms with van der Waals surface area (Å²) in [5.41, 5.74) is 3.21. The van der Waals surface area contributed by atoms with E-state index in [0.29, 0.717) is 25.2 Å². The van der Waals surface area contributed by atoms with E-state index in [1.54, 1.807) is 18.5 Å². The third-order valence-electron chi connectivity index (χ3n) is 5.90. The Hall–Kier alpha value is -3.55. The second-order valence-corrected chi connectivity index (χ2v) is 7.83. The lowest BCUT2D eigenvalue weighted by Gasteiger charge is -2.42. The molecule has 0 spiro atoms. The highest BCUT2D eigenvalue weighted by atomic mass is 16.5. The fourth-order valence-corrected chi connectivity index (χ4v) is 4.54. The summed E-state index contributed by atoms with van der Waals surface area (Å²) in [4.78, 5) is 40.0. The number of fused-ring (bicyclic) bond motifs is 4. The zero-order chi connectivity index (χ0) is 20.7. The third-order valence-corrected chi connectivity index (χ3v) is 5.90. The van der Waals surface area contributed by atoms with Crippen LogP contribution in [0.1, 0.15) is 28.4 Å². The van der Waals surface area contributed by atoms with E-state index in [-0.39, 0.29) is 29.3 Å². The lowest BCUT2D eigenvalue weighted by atomic mass is 9.82. The number of nitrogens with zero attached hydrogens (tertiary/aromatic N) is 5. The topological polar surface area (TPSA) is 90.2 Å². The molecule has 3 aromatic rings. The van der Waals surface area contributed by atoms with Gasteiger partial charge < -0.3 is 14.2 Å². The van der Waals surface area contributed by atoms with E-state index in [9.17, 15) is 9.59 Å². The van der Waals surface area contributed by atoms with Gasteiger partial charge in [0.1, 0.15) is 0 Å². The Morgan fingerprint density at radius 1 is 1.10 bits per heavy atom. The number of piperidine rings is 1. The molecular formula is C22H21N5O3. The first-order valence-corrected chi connectivity index (χ1v) is 9.93. The van der Waals surface area contributed by atoms with Gasteiger partial charge in [-0.3, -0.25) is 14.6 Å². The maximum atomic E-state index is 13.0. The number of hydrogen-bond donors (Lipinski definition) is 0. The highest BCUT2D eigenvalue weighted by molar-refractivity contribution is 5.93. The number of aromatic nitrogens is 4. The van der Waals surface area contributed by atoms with Crippen molar-refractivity contribution in [3.63, 3.8) is 0 Å². The van der Waals surface area contributed by atoms with Crippen LogP contribution in [0.3, 0.4) is 0 Å². The van der Waals surface area contributed by atoms with Gasteiger partial charge in [-0.1, -0.05) is 6.07 Å². The molecule has 30 heavy (non-hydrogen) atoms. The number of amides is 1. The average Bonchev–Trinajstić information content (AvgIpc) is 2.79. The molecule has 3 aromatic heterocycles. The van der Waals surface area contributed by atoms with Gasteiger partial charge in [-0.15, -0.1) is 0 Å². The number of hydrogen-bond acceptors (Lipinski definition) is 6. The zero-order valence-corrected chi connectivity index (χ0v) is 16.6. The predicted molar refractivity (Wildman–Crippen MR) is 109 cm³/mol. The molecule has 0 saturated carbocycles. The number of methoxy groups -OCH3 is 1. The lowest BCUT2D eigenvalue weighted by molar-refractivity contribution is 0.0593. The van der Waals surface area contributed by atoms with Crippen LogP contribution in [0.15, 0.2) is 53.8 Å². The Kier molecular flexibility index (Phi) is 4.54. The van der Waals surface area contributed by atoms with Crippen molar-refractivity contribution in [1.29, 1.82) is 0 Å². The minimum absolute atomic E-state index is 0.00406. The zero-order valence-electron chi connectivity index (χ0n) is 16.6. The van der Waals surface area contributed by atoms with Crippen LogP contribution in [0.25, 0.3) is 11.1 Å². The summed E-state index contributed by atoms with van der Waals surface area (Å²) in [6.45, 7) is 1.82. The molecule has 1 saturated heterocycles. The Bertz CT molecular complexity index is 1140. The Morgan fingerprint density at radius 3 is 2.67 bits per heavy atom. The van der Waals surface area contributed by atoms with Crippen molar-refractivity contribution >= 4 is 5.91 Å². The highest BCUT2D eigenvalue weighted by Gasteiger charge is 2.37. The molecule has 152 valence electrons. The summed E-state index contributed by atoms with van der Waals surface area (Å²) in [5, 5.41) is 0. The molecule has 0 radical (unpaired) electrons. The van der Waals surface area contributed by atoms with Gasteiger partial charge in [-0.2, -0.15) is 0 Å². The maximum Gasteiger partial charge on any atom is 0.316 e. The molecule has 0 N–H and O–H groups in total. The molecule has 2 aliphatic rings. The monoisotopic (exact) mass is 403 g/mol. The molecule has 8 heteroatoms. The maximum absolute atomic E-state index is 13.0. The quantitative estimate of drug-likeness (QED) is 0.664. The van der Waals surface area contributed by atoms with Crippen molar-refractivity contribution < 1.29 is 9.53 Å². The van der Waals surface area contributed by atoms with Crippen LogP contribution >= 0.6 is 0 Å². The van der Waals surface area contributed by atoms with Crippen LogP contribution in [0, 0.1) is 5.92 Å². The molecule has 0 unspecified atom stereocenters. The van der Waals surface area contributed by atoms with Gasteiger partial charge in [0.15, 0.2) is 0 Å². The van der Waals surface area contributed by atoms with E-state index in [2.05, 4.69) is 21.0 Å². The first kappa shape index (κ1) is 18.5. The van der Waals surface area contributed by atoms with E-state index in [0.717, 1.165) is 23.2 Å². The second-order valence-electron chi connectivity index (χ2n) is 7.83. The predicted octanol–water partition coefficient (Wildman–Crippen LogP) is 1.97. The van der Waals surface area contributed by atoms with Crippen molar-refractivity contribution in [2.24, 2.45) is 5.92 Å². The largest absolute Gasteiger partial charge is 0.467 e. The van der Waals surface area contributed by atoms with E-state index in [1.165, 1.54) is 19.5 Å². The lowest BCUT2D eigenvalue weighted by Crippen LogP contribution is -2.49. The summed E-state index contributed by atoms with van der Waals surface area (Å²) in [5.74, 6) is 0.276. The highest BCUT2D eigenvalue weighted by Crippen LogP contribution is 2.37. The van der Waals surface area contributed by atoms with Crippen LogP contribution in [-0.4, -0.2) is 50.5 Å². The molecule has 1 amide bonds.